The van der Waals surface area contributed by atoms with Crippen LogP contribution in [0.4, 0.5) is 5.82 Å². The minimum atomic E-state index is -2.70. The van der Waals surface area contributed by atoms with Crippen LogP contribution in [0.2, 0.25) is 0 Å². The number of hydrogen-bond acceptors (Lipinski definition) is 6. The topological polar surface area (TPSA) is 72.0 Å². The molecule has 0 aromatic carbocycles. The fourth-order valence-electron chi connectivity index (χ4n) is 2.16. The number of anilines is 1. The van der Waals surface area contributed by atoms with Gasteiger partial charge in [0.05, 0.1) is 16.9 Å². The maximum absolute atomic E-state index is 11.0. The van der Waals surface area contributed by atoms with E-state index >= 15 is 0 Å². The summed E-state index contributed by atoms with van der Waals surface area (Å²) in [5.74, 6) is 1.82. The van der Waals surface area contributed by atoms with E-state index in [2.05, 4.69) is 15.3 Å². The molecular weight excluding hydrogens is 270 g/mol. The Morgan fingerprint density at radius 2 is 2.22 bits per heavy atom. The molecule has 0 aliphatic carbocycles. The Morgan fingerprint density at radius 1 is 1.39 bits per heavy atom. The predicted octanol–water partition coefficient (Wildman–Crippen LogP) is 1.54. The lowest BCUT2D eigenvalue weighted by molar-refractivity contribution is 0.506. The molecule has 0 atom stereocenters. The highest BCUT2D eigenvalue weighted by atomic mass is 32.2. The molecule has 3 rings (SSSR count). The fourth-order valence-corrected chi connectivity index (χ4v) is 4.57. The third-order valence-electron chi connectivity index (χ3n) is 3.09. The van der Waals surface area contributed by atoms with Gasteiger partial charge in [-0.25, -0.2) is 18.4 Å². The second-order valence-electron chi connectivity index (χ2n) is 4.52. The van der Waals surface area contributed by atoms with Crippen LogP contribution in [-0.4, -0.2) is 36.4 Å². The summed E-state index contributed by atoms with van der Waals surface area (Å²) in [4.78, 5) is 9.37. The van der Waals surface area contributed by atoms with Crippen LogP contribution in [0, 0.1) is 5.92 Å². The highest BCUT2D eigenvalue weighted by molar-refractivity contribution is 7.92. The van der Waals surface area contributed by atoms with Gasteiger partial charge in [-0.1, -0.05) is 0 Å². The lowest BCUT2D eigenvalue weighted by Gasteiger charge is -2.25. The number of hydrogen-bond donors (Lipinski definition) is 1. The molecule has 1 fully saturated rings. The van der Waals surface area contributed by atoms with E-state index < -0.39 is 9.84 Å². The quantitative estimate of drug-likeness (QED) is 0.921. The minimum absolute atomic E-state index is 0.308. The largest absolute Gasteiger partial charge is 0.369 e. The van der Waals surface area contributed by atoms with Gasteiger partial charge in [0, 0.05) is 6.54 Å². The SMILES string of the molecule is O=S1(=O)CC(CCNc2ncnc3sccc23)C1. The van der Waals surface area contributed by atoms with E-state index in [4.69, 9.17) is 0 Å². The number of fused-ring (bicyclic) bond motifs is 1. The van der Waals surface area contributed by atoms with E-state index in [1.807, 2.05) is 11.4 Å². The third-order valence-corrected chi connectivity index (χ3v) is 5.87. The molecule has 5 nitrogen and oxygen atoms in total. The van der Waals surface area contributed by atoms with Crippen molar-refractivity contribution in [2.24, 2.45) is 5.92 Å². The first-order valence-electron chi connectivity index (χ1n) is 5.76. The summed E-state index contributed by atoms with van der Waals surface area (Å²) in [6.45, 7) is 0.752. The molecule has 2 aromatic heterocycles. The second-order valence-corrected chi connectivity index (χ2v) is 7.57. The summed E-state index contributed by atoms with van der Waals surface area (Å²) in [5, 5.41) is 6.28. The Kier molecular flexibility index (Phi) is 2.95. The molecule has 0 unspecified atom stereocenters. The number of thiophene rings is 1. The van der Waals surface area contributed by atoms with Crippen LogP contribution >= 0.6 is 11.3 Å². The standard InChI is InChI=1S/C11H13N3O2S2/c15-18(16)5-8(6-18)1-3-12-10-9-2-4-17-11(9)14-7-13-10/h2,4,7-8H,1,3,5-6H2,(H,12,13,14). The molecule has 7 heteroatoms. The molecule has 0 amide bonds. The predicted molar refractivity (Wildman–Crippen MR) is 72.7 cm³/mol. The highest BCUT2D eigenvalue weighted by Gasteiger charge is 2.32. The van der Waals surface area contributed by atoms with Gasteiger partial charge in [-0.3, -0.25) is 0 Å². The first-order valence-corrected chi connectivity index (χ1v) is 8.47. The smallest absolute Gasteiger partial charge is 0.150 e. The molecule has 0 radical (unpaired) electrons. The molecule has 3 heterocycles. The van der Waals surface area contributed by atoms with E-state index in [0.717, 1.165) is 29.0 Å². The summed E-state index contributed by atoms with van der Waals surface area (Å²) >= 11 is 1.59. The zero-order valence-corrected chi connectivity index (χ0v) is 11.3. The first kappa shape index (κ1) is 11.9. The molecule has 0 spiro atoms. The average molecular weight is 283 g/mol. The number of rotatable bonds is 4. The monoisotopic (exact) mass is 283 g/mol. The van der Waals surface area contributed by atoms with Crippen LogP contribution in [0.25, 0.3) is 10.2 Å². The lowest BCUT2D eigenvalue weighted by Crippen LogP contribution is -2.37. The Balaban J connectivity index is 1.59. The Labute approximate surface area is 109 Å². The van der Waals surface area contributed by atoms with Crippen molar-refractivity contribution in [3.63, 3.8) is 0 Å². The van der Waals surface area contributed by atoms with Gasteiger partial charge >= 0.3 is 0 Å². The minimum Gasteiger partial charge on any atom is -0.369 e. The van der Waals surface area contributed by atoms with E-state index in [-0.39, 0.29) is 0 Å². The molecule has 1 saturated heterocycles. The number of sulfone groups is 1. The van der Waals surface area contributed by atoms with Crippen molar-refractivity contribution in [1.82, 2.24) is 9.97 Å². The Morgan fingerprint density at radius 3 is 3.00 bits per heavy atom. The zero-order chi connectivity index (χ0) is 12.6. The summed E-state index contributed by atoms with van der Waals surface area (Å²) in [6.07, 6.45) is 2.42. The van der Waals surface area contributed by atoms with Crippen molar-refractivity contribution in [1.29, 1.82) is 0 Å². The molecule has 1 aliphatic heterocycles. The van der Waals surface area contributed by atoms with Crippen molar-refractivity contribution < 1.29 is 8.42 Å². The van der Waals surface area contributed by atoms with Crippen LogP contribution in [0.15, 0.2) is 17.8 Å². The van der Waals surface area contributed by atoms with Gasteiger partial charge in [-0.2, -0.15) is 0 Å². The van der Waals surface area contributed by atoms with Gasteiger partial charge in [-0.15, -0.1) is 11.3 Å². The first-order chi connectivity index (χ1) is 8.64. The molecule has 0 saturated carbocycles. The molecule has 2 aromatic rings. The highest BCUT2D eigenvalue weighted by Crippen LogP contribution is 2.25. The van der Waals surface area contributed by atoms with Crippen molar-refractivity contribution in [3.8, 4) is 0 Å². The maximum atomic E-state index is 11.0. The number of aromatic nitrogens is 2. The summed E-state index contributed by atoms with van der Waals surface area (Å²) in [6, 6.07) is 2.00. The number of nitrogens with one attached hydrogen (secondary N) is 1. The maximum Gasteiger partial charge on any atom is 0.150 e. The normalized spacial score (nSPS) is 18.7. The second kappa shape index (κ2) is 4.47. The number of nitrogens with zero attached hydrogens (tertiary/aromatic N) is 2. The van der Waals surface area contributed by atoms with E-state index in [9.17, 15) is 8.42 Å². The van der Waals surface area contributed by atoms with Crippen LogP contribution < -0.4 is 5.32 Å². The summed E-state index contributed by atoms with van der Waals surface area (Å²) in [5.41, 5.74) is 0. The van der Waals surface area contributed by atoms with Gasteiger partial charge in [0.1, 0.15) is 17.0 Å². The Hall–Kier alpha value is -1.21. The van der Waals surface area contributed by atoms with Crippen LogP contribution in [0.1, 0.15) is 6.42 Å². The van der Waals surface area contributed by atoms with Gasteiger partial charge in [-0.05, 0) is 23.8 Å². The molecule has 18 heavy (non-hydrogen) atoms. The van der Waals surface area contributed by atoms with E-state index in [1.165, 1.54) is 0 Å². The molecule has 96 valence electrons. The molecule has 1 aliphatic rings. The lowest BCUT2D eigenvalue weighted by atomic mass is 10.1. The van der Waals surface area contributed by atoms with Crippen molar-refractivity contribution in [3.05, 3.63) is 17.8 Å². The van der Waals surface area contributed by atoms with Crippen LogP contribution in [0.3, 0.4) is 0 Å². The molecule has 1 N–H and O–H groups in total. The van der Waals surface area contributed by atoms with Crippen molar-refractivity contribution >= 4 is 37.2 Å². The van der Waals surface area contributed by atoms with Gasteiger partial charge in [0.15, 0.2) is 9.84 Å². The summed E-state index contributed by atoms with van der Waals surface area (Å²) < 4.78 is 22.1. The van der Waals surface area contributed by atoms with E-state index in [1.54, 1.807) is 17.7 Å². The van der Waals surface area contributed by atoms with Gasteiger partial charge in [0.25, 0.3) is 0 Å². The van der Waals surface area contributed by atoms with Crippen LogP contribution in [-0.2, 0) is 9.84 Å². The third kappa shape index (κ3) is 2.32. The Bertz CT molecular complexity index is 654. The van der Waals surface area contributed by atoms with E-state index in [0.29, 0.717) is 17.4 Å². The average Bonchev–Trinajstić information content (AvgIpc) is 2.75. The van der Waals surface area contributed by atoms with Crippen LogP contribution in [0.5, 0.6) is 0 Å². The molecule has 0 bridgehead atoms. The zero-order valence-electron chi connectivity index (χ0n) is 9.67. The van der Waals surface area contributed by atoms with Crippen molar-refractivity contribution in [2.45, 2.75) is 6.42 Å². The van der Waals surface area contributed by atoms with Crippen molar-refractivity contribution in [2.75, 3.05) is 23.4 Å². The van der Waals surface area contributed by atoms with Gasteiger partial charge < -0.3 is 5.32 Å². The summed E-state index contributed by atoms with van der Waals surface area (Å²) in [7, 11) is -2.70. The fraction of sp³-hybridized carbons (Fsp3) is 0.455. The van der Waals surface area contributed by atoms with Gasteiger partial charge in [0.2, 0.25) is 0 Å². The molecular formula is C11H13N3O2S2.